The number of phenols is 1. The highest BCUT2D eigenvalue weighted by atomic mass is 32.1. The molecule has 0 saturated heterocycles. The molecule has 0 aliphatic rings. The molecule has 0 radical (unpaired) electrons. The van der Waals surface area contributed by atoms with Crippen LogP contribution in [0.1, 0.15) is 6.42 Å². The monoisotopic (exact) mass is 225 g/mol. The fourth-order valence-corrected chi connectivity index (χ4v) is 1.24. The zero-order chi connectivity index (χ0) is 11.1. The van der Waals surface area contributed by atoms with Crippen molar-refractivity contribution in [1.82, 2.24) is 5.32 Å². The molecule has 0 bridgehead atoms. The SMILES string of the molecule is NCCCNC(=S)Nc1ccc(O)cc1. The van der Waals surface area contributed by atoms with Gasteiger partial charge in [0.25, 0.3) is 0 Å². The molecule has 15 heavy (non-hydrogen) atoms. The van der Waals surface area contributed by atoms with Crippen molar-refractivity contribution in [3.63, 3.8) is 0 Å². The van der Waals surface area contributed by atoms with Gasteiger partial charge in [-0.1, -0.05) is 0 Å². The van der Waals surface area contributed by atoms with Gasteiger partial charge in [0, 0.05) is 12.2 Å². The van der Waals surface area contributed by atoms with Gasteiger partial charge >= 0.3 is 0 Å². The second-order valence-corrected chi connectivity index (χ2v) is 3.48. The Labute approximate surface area is 94.5 Å². The van der Waals surface area contributed by atoms with E-state index >= 15 is 0 Å². The van der Waals surface area contributed by atoms with E-state index in [1.807, 2.05) is 0 Å². The lowest BCUT2D eigenvalue weighted by molar-refractivity contribution is 0.475. The number of anilines is 1. The fraction of sp³-hybridized carbons (Fsp3) is 0.300. The second kappa shape index (κ2) is 6.21. The Morgan fingerprint density at radius 3 is 2.60 bits per heavy atom. The lowest BCUT2D eigenvalue weighted by Gasteiger charge is -2.09. The van der Waals surface area contributed by atoms with E-state index < -0.39 is 0 Å². The van der Waals surface area contributed by atoms with E-state index in [0.717, 1.165) is 18.7 Å². The smallest absolute Gasteiger partial charge is 0.170 e. The van der Waals surface area contributed by atoms with Crippen LogP contribution in [-0.4, -0.2) is 23.3 Å². The van der Waals surface area contributed by atoms with E-state index in [1.54, 1.807) is 24.3 Å². The Morgan fingerprint density at radius 1 is 1.33 bits per heavy atom. The number of thiocarbonyl (C=S) groups is 1. The van der Waals surface area contributed by atoms with Gasteiger partial charge in [0.1, 0.15) is 5.75 Å². The Kier molecular flexibility index (Phi) is 4.86. The first-order valence-corrected chi connectivity index (χ1v) is 5.17. The summed E-state index contributed by atoms with van der Waals surface area (Å²) in [5, 5.41) is 15.7. The summed E-state index contributed by atoms with van der Waals surface area (Å²) in [5.74, 6) is 0.238. The number of hydrogen-bond acceptors (Lipinski definition) is 3. The standard InChI is InChI=1S/C10H15N3OS/c11-6-1-7-12-10(15)13-8-2-4-9(14)5-3-8/h2-5,14H,1,6-7,11H2,(H2,12,13,15). The van der Waals surface area contributed by atoms with E-state index in [9.17, 15) is 0 Å². The lowest BCUT2D eigenvalue weighted by atomic mass is 10.3. The van der Waals surface area contributed by atoms with Gasteiger partial charge < -0.3 is 21.5 Å². The quantitative estimate of drug-likeness (QED) is 0.350. The molecule has 1 aromatic carbocycles. The summed E-state index contributed by atoms with van der Waals surface area (Å²) in [6.45, 7) is 1.41. The van der Waals surface area contributed by atoms with Crippen molar-refractivity contribution in [3.05, 3.63) is 24.3 Å². The zero-order valence-electron chi connectivity index (χ0n) is 8.36. The Bertz CT molecular complexity index is 313. The van der Waals surface area contributed by atoms with E-state index in [4.69, 9.17) is 23.1 Å². The van der Waals surface area contributed by atoms with Crippen LogP contribution in [0.25, 0.3) is 0 Å². The van der Waals surface area contributed by atoms with Crippen LogP contribution >= 0.6 is 12.2 Å². The minimum absolute atomic E-state index is 0.238. The van der Waals surface area contributed by atoms with Gasteiger partial charge in [-0.05, 0) is 49.4 Å². The summed E-state index contributed by atoms with van der Waals surface area (Å²) >= 11 is 5.06. The van der Waals surface area contributed by atoms with Gasteiger partial charge in [-0.2, -0.15) is 0 Å². The molecule has 5 N–H and O–H groups in total. The first-order chi connectivity index (χ1) is 7.22. The maximum atomic E-state index is 9.07. The summed E-state index contributed by atoms with van der Waals surface area (Å²) in [6, 6.07) is 6.72. The number of nitrogens with one attached hydrogen (secondary N) is 2. The van der Waals surface area contributed by atoms with Gasteiger partial charge in [-0.15, -0.1) is 0 Å². The minimum Gasteiger partial charge on any atom is -0.508 e. The molecule has 82 valence electrons. The Balaban J connectivity index is 2.34. The predicted octanol–water partition coefficient (Wildman–Crippen LogP) is 1.03. The minimum atomic E-state index is 0.238. The largest absolute Gasteiger partial charge is 0.508 e. The van der Waals surface area contributed by atoms with Crippen LogP contribution in [0.3, 0.4) is 0 Å². The third kappa shape index (κ3) is 4.62. The zero-order valence-corrected chi connectivity index (χ0v) is 9.18. The molecule has 0 aromatic heterocycles. The van der Waals surface area contributed by atoms with E-state index in [1.165, 1.54) is 0 Å². The Morgan fingerprint density at radius 2 is 2.00 bits per heavy atom. The lowest BCUT2D eigenvalue weighted by Crippen LogP contribution is -2.30. The van der Waals surface area contributed by atoms with Crippen LogP contribution in [0.4, 0.5) is 5.69 Å². The Hall–Kier alpha value is -1.33. The maximum absolute atomic E-state index is 9.07. The second-order valence-electron chi connectivity index (χ2n) is 3.07. The molecule has 0 aliphatic carbocycles. The van der Waals surface area contributed by atoms with E-state index in [-0.39, 0.29) is 5.75 Å². The number of hydrogen-bond donors (Lipinski definition) is 4. The molecule has 1 aromatic rings. The van der Waals surface area contributed by atoms with Gasteiger partial charge in [0.15, 0.2) is 5.11 Å². The average molecular weight is 225 g/mol. The molecule has 0 fully saturated rings. The number of nitrogens with two attached hydrogens (primary N) is 1. The molecule has 0 unspecified atom stereocenters. The summed E-state index contributed by atoms with van der Waals surface area (Å²) in [6.07, 6.45) is 0.886. The molecule has 0 aliphatic heterocycles. The molecule has 4 nitrogen and oxygen atoms in total. The van der Waals surface area contributed by atoms with E-state index in [2.05, 4.69) is 10.6 Å². The number of phenolic OH excluding ortho intramolecular Hbond substituents is 1. The number of aromatic hydroxyl groups is 1. The molecule has 1 rings (SSSR count). The summed E-state index contributed by atoms with van der Waals surface area (Å²) in [7, 11) is 0. The third-order valence-electron chi connectivity index (χ3n) is 1.79. The van der Waals surface area contributed by atoms with Crippen molar-refractivity contribution >= 4 is 23.0 Å². The van der Waals surface area contributed by atoms with Gasteiger partial charge in [-0.25, -0.2) is 0 Å². The summed E-state index contributed by atoms with van der Waals surface area (Å²) in [5.41, 5.74) is 6.20. The van der Waals surface area contributed by atoms with Crippen LogP contribution in [0, 0.1) is 0 Å². The molecular formula is C10H15N3OS. The van der Waals surface area contributed by atoms with Gasteiger partial charge in [0.05, 0.1) is 0 Å². The highest BCUT2D eigenvalue weighted by Gasteiger charge is 1.96. The predicted molar refractivity (Wildman–Crippen MR) is 66.0 cm³/mol. The first kappa shape index (κ1) is 11.7. The molecule has 0 heterocycles. The van der Waals surface area contributed by atoms with Crippen LogP contribution in [0.5, 0.6) is 5.75 Å². The molecule has 0 spiro atoms. The summed E-state index contributed by atoms with van der Waals surface area (Å²) < 4.78 is 0. The number of benzene rings is 1. The van der Waals surface area contributed by atoms with Crippen LogP contribution in [-0.2, 0) is 0 Å². The summed E-state index contributed by atoms with van der Waals surface area (Å²) in [4.78, 5) is 0. The van der Waals surface area contributed by atoms with Crippen molar-refractivity contribution in [2.75, 3.05) is 18.4 Å². The highest BCUT2D eigenvalue weighted by Crippen LogP contribution is 2.13. The van der Waals surface area contributed by atoms with Crippen LogP contribution < -0.4 is 16.4 Å². The average Bonchev–Trinajstić information content (AvgIpc) is 2.22. The fourth-order valence-electron chi connectivity index (χ4n) is 1.02. The maximum Gasteiger partial charge on any atom is 0.170 e. The molecule has 0 saturated carbocycles. The first-order valence-electron chi connectivity index (χ1n) is 4.76. The van der Waals surface area contributed by atoms with Crippen molar-refractivity contribution in [2.45, 2.75) is 6.42 Å². The van der Waals surface area contributed by atoms with Crippen molar-refractivity contribution in [1.29, 1.82) is 0 Å². The number of rotatable bonds is 4. The van der Waals surface area contributed by atoms with Gasteiger partial charge in [-0.3, -0.25) is 0 Å². The van der Waals surface area contributed by atoms with E-state index in [0.29, 0.717) is 11.7 Å². The molecule has 0 amide bonds. The van der Waals surface area contributed by atoms with Crippen LogP contribution in [0.15, 0.2) is 24.3 Å². The molecule has 0 atom stereocenters. The topological polar surface area (TPSA) is 70.3 Å². The van der Waals surface area contributed by atoms with Crippen molar-refractivity contribution < 1.29 is 5.11 Å². The van der Waals surface area contributed by atoms with Crippen molar-refractivity contribution in [3.8, 4) is 5.75 Å². The highest BCUT2D eigenvalue weighted by molar-refractivity contribution is 7.80. The van der Waals surface area contributed by atoms with Gasteiger partial charge in [0.2, 0.25) is 0 Å². The van der Waals surface area contributed by atoms with Crippen molar-refractivity contribution in [2.24, 2.45) is 5.73 Å². The van der Waals surface area contributed by atoms with Crippen LogP contribution in [0.2, 0.25) is 0 Å². The molecule has 5 heteroatoms. The third-order valence-corrected chi connectivity index (χ3v) is 2.04. The normalized spacial score (nSPS) is 9.67. The molecular weight excluding hydrogens is 210 g/mol.